The minimum absolute atomic E-state index is 0.561. The van der Waals surface area contributed by atoms with Crippen LogP contribution in [0.3, 0.4) is 0 Å². The molecule has 5 heteroatoms. The van der Waals surface area contributed by atoms with Gasteiger partial charge in [-0.2, -0.15) is 4.52 Å². The fourth-order valence-electron chi connectivity index (χ4n) is 2.96. The molecule has 2 atom stereocenters. The van der Waals surface area contributed by atoms with Crippen LogP contribution in [-0.2, 0) is 0 Å². The van der Waals surface area contributed by atoms with E-state index >= 15 is 0 Å². The summed E-state index contributed by atoms with van der Waals surface area (Å²) in [5, 5.41) is 13.3. The van der Waals surface area contributed by atoms with Gasteiger partial charge in [0.25, 0.3) is 0 Å². The van der Waals surface area contributed by atoms with Gasteiger partial charge in [0, 0.05) is 18.5 Å². The van der Waals surface area contributed by atoms with Crippen LogP contribution in [0.1, 0.15) is 44.9 Å². The number of hydrogen-bond donors (Lipinski definition) is 0. The molecule has 0 radical (unpaired) electrons. The van der Waals surface area contributed by atoms with Crippen molar-refractivity contribution in [1.82, 2.24) is 19.8 Å². The van der Waals surface area contributed by atoms with Crippen molar-refractivity contribution < 1.29 is 0 Å². The molecule has 1 aliphatic heterocycles. The van der Waals surface area contributed by atoms with E-state index in [9.17, 15) is 0 Å². The third kappa shape index (κ3) is 1.71. The van der Waals surface area contributed by atoms with Crippen LogP contribution in [0.15, 0.2) is 12.1 Å². The number of fused-ring (bicyclic) bond motifs is 1. The largest absolute Gasteiger partial charge is 0.352 e. The van der Waals surface area contributed by atoms with Crippen molar-refractivity contribution in [1.29, 1.82) is 0 Å². The van der Waals surface area contributed by atoms with Crippen LogP contribution >= 0.6 is 0 Å². The third-order valence-electron chi connectivity index (χ3n) is 4.65. The van der Waals surface area contributed by atoms with E-state index in [1.807, 2.05) is 10.6 Å². The van der Waals surface area contributed by atoms with E-state index in [1.165, 1.54) is 19.3 Å². The van der Waals surface area contributed by atoms with Crippen molar-refractivity contribution in [3.8, 4) is 0 Å². The summed E-state index contributed by atoms with van der Waals surface area (Å²) < 4.78 is 1.95. The maximum Gasteiger partial charge on any atom is 0.178 e. The molecule has 2 unspecified atom stereocenters. The van der Waals surface area contributed by atoms with Gasteiger partial charge in [-0.25, -0.2) is 0 Å². The lowest BCUT2D eigenvalue weighted by atomic mass is 10.1. The predicted octanol–water partition coefficient (Wildman–Crippen LogP) is 2.24. The quantitative estimate of drug-likeness (QED) is 0.827. The highest BCUT2D eigenvalue weighted by molar-refractivity contribution is 5.47. The van der Waals surface area contributed by atoms with Crippen molar-refractivity contribution in [3.63, 3.8) is 0 Å². The first-order chi connectivity index (χ1) is 9.24. The molecule has 0 aromatic carbocycles. The molecule has 0 N–H and O–H groups in total. The van der Waals surface area contributed by atoms with E-state index in [2.05, 4.69) is 35.0 Å². The Bertz CT molecular complexity index is 615. The van der Waals surface area contributed by atoms with E-state index in [-0.39, 0.29) is 0 Å². The second kappa shape index (κ2) is 3.92. The summed E-state index contributed by atoms with van der Waals surface area (Å²) in [6.45, 7) is 5.71. The molecule has 0 amide bonds. The number of rotatable bonds is 2. The van der Waals surface area contributed by atoms with E-state index in [4.69, 9.17) is 5.10 Å². The Balaban J connectivity index is 1.76. The van der Waals surface area contributed by atoms with E-state index in [0.717, 1.165) is 29.8 Å². The number of anilines is 1. The van der Waals surface area contributed by atoms with Crippen LogP contribution in [0.5, 0.6) is 0 Å². The Labute approximate surface area is 112 Å². The lowest BCUT2D eigenvalue weighted by molar-refractivity contribution is 0.543. The summed E-state index contributed by atoms with van der Waals surface area (Å²) in [6, 6.07) is 4.68. The van der Waals surface area contributed by atoms with E-state index < -0.39 is 0 Å². The molecule has 4 rings (SSSR count). The number of hydrogen-bond acceptors (Lipinski definition) is 4. The van der Waals surface area contributed by atoms with Gasteiger partial charge in [-0.05, 0) is 44.2 Å². The van der Waals surface area contributed by atoms with Crippen LogP contribution in [0.25, 0.3) is 5.65 Å². The average molecular weight is 257 g/mol. The topological polar surface area (TPSA) is 46.3 Å². The zero-order valence-electron chi connectivity index (χ0n) is 11.5. The molecule has 1 saturated heterocycles. The normalized spacial score (nSPS) is 27.4. The Morgan fingerprint density at radius 1 is 1.11 bits per heavy atom. The zero-order chi connectivity index (χ0) is 13.0. The molecule has 3 heterocycles. The Kier molecular flexibility index (Phi) is 2.31. The van der Waals surface area contributed by atoms with Crippen LogP contribution in [0, 0.1) is 5.92 Å². The minimum Gasteiger partial charge on any atom is -0.352 e. The van der Waals surface area contributed by atoms with Gasteiger partial charge in [0.2, 0.25) is 0 Å². The molecule has 1 saturated carbocycles. The van der Waals surface area contributed by atoms with Gasteiger partial charge in [0.15, 0.2) is 11.5 Å². The second-order valence-electron chi connectivity index (χ2n) is 5.99. The van der Waals surface area contributed by atoms with E-state index in [0.29, 0.717) is 12.0 Å². The van der Waals surface area contributed by atoms with Gasteiger partial charge in [-0.15, -0.1) is 15.3 Å². The predicted molar refractivity (Wildman–Crippen MR) is 73.3 cm³/mol. The summed E-state index contributed by atoms with van der Waals surface area (Å²) in [5.41, 5.74) is 0.866. The first-order valence-electron chi connectivity index (χ1n) is 7.23. The van der Waals surface area contributed by atoms with Crippen LogP contribution in [0.2, 0.25) is 0 Å². The smallest absolute Gasteiger partial charge is 0.178 e. The summed E-state index contributed by atoms with van der Waals surface area (Å²) >= 11 is 0. The van der Waals surface area contributed by atoms with Crippen LogP contribution < -0.4 is 4.90 Å². The van der Waals surface area contributed by atoms with Gasteiger partial charge in [0.1, 0.15) is 5.82 Å². The van der Waals surface area contributed by atoms with Crippen LogP contribution in [-0.4, -0.2) is 32.4 Å². The minimum atomic E-state index is 0.561. The van der Waals surface area contributed by atoms with Gasteiger partial charge >= 0.3 is 0 Å². The molecule has 0 spiro atoms. The van der Waals surface area contributed by atoms with Crippen LogP contribution in [0.4, 0.5) is 5.82 Å². The van der Waals surface area contributed by atoms with Crippen molar-refractivity contribution in [2.24, 2.45) is 5.92 Å². The van der Waals surface area contributed by atoms with Gasteiger partial charge in [-0.1, -0.05) is 6.92 Å². The molecule has 0 bridgehead atoms. The molecule has 2 aromatic heterocycles. The monoisotopic (exact) mass is 257 g/mol. The maximum atomic E-state index is 4.78. The highest BCUT2D eigenvalue weighted by atomic mass is 15.4. The first kappa shape index (κ1) is 11.2. The highest BCUT2D eigenvalue weighted by Gasteiger charge is 2.31. The molecule has 2 fully saturated rings. The third-order valence-corrected chi connectivity index (χ3v) is 4.65. The number of aromatic nitrogens is 4. The fraction of sp³-hybridized carbons (Fsp3) is 0.643. The standard InChI is InChI=1S/C14H19N5/c1-9-7-8-18(10(9)2)13-6-5-12-15-16-14(11-3-4-11)19(12)17-13/h5-6,9-11H,3-4,7-8H2,1-2H3. The zero-order valence-corrected chi connectivity index (χ0v) is 11.5. The summed E-state index contributed by atoms with van der Waals surface area (Å²) in [4.78, 5) is 2.40. The first-order valence-corrected chi connectivity index (χ1v) is 7.23. The lowest BCUT2D eigenvalue weighted by Crippen LogP contribution is -2.30. The van der Waals surface area contributed by atoms with Crippen molar-refractivity contribution >= 4 is 11.5 Å². The van der Waals surface area contributed by atoms with Crippen molar-refractivity contribution in [2.75, 3.05) is 11.4 Å². The molecule has 1 aliphatic carbocycles. The Morgan fingerprint density at radius 3 is 2.63 bits per heavy atom. The summed E-state index contributed by atoms with van der Waals surface area (Å²) in [5.74, 6) is 3.41. The molecule has 2 aliphatic rings. The van der Waals surface area contributed by atoms with Gasteiger partial charge < -0.3 is 4.90 Å². The molecule has 5 nitrogen and oxygen atoms in total. The molecular formula is C14H19N5. The maximum absolute atomic E-state index is 4.78. The Morgan fingerprint density at radius 2 is 1.95 bits per heavy atom. The van der Waals surface area contributed by atoms with Gasteiger partial charge in [0.05, 0.1) is 0 Å². The number of nitrogens with zero attached hydrogens (tertiary/aromatic N) is 5. The summed E-state index contributed by atoms with van der Waals surface area (Å²) in [7, 11) is 0. The molecule has 19 heavy (non-hydrogen) atoms. The molecule has 100 valence electrons. The lowest BCUT2D eigenvalue weighted by Gasteiger charge is -2.24. The second-order valence-corrected chi connectivity index (χ2v) is 5.99. The molecular weight excluding hydrogens is 238 g/mol. The fourth-order valence-corrected chi connectivity index (χ4v) is 2.96. The summed E-state index contributed by atoms with van der Waals surface area (Å²) in [6.07, 6.45) is 3.70. The van der Waals surface area contributed by atoms with Crippen molar-refractivity contribution in [2.45, 2.75) is 45.1 Å². The van der Waals surface area contributed by atoms with Gasteiger partial charge in [-0.3, -0.25) is 0 Å². The highest BCUT2D eigenvalue weighted by Crippen LogP contribution is 2.39. The average Bonchev–Trinajstić information content (AvgIpc) is 3.09. The van der Waals surface area contributed by atoms with E-state index in [1.54, 1.807) is 0 Å². The SMILES string of the molecule is CC1CCN(c2ccc3nnc(C4CC4)n3n2)C1C. The Hall–Kier alpha value is -1.65. The molecule has 2 aromatic rings. The van der Waals surface area contributed by atoms with Crippen molar-refractivity contribution in [3.05, 3.63) is 18.0 Å².